The normalized spacial score (nSPS) is 11.0. The van der Waals surface area contributed by atoms with Crippen LogP contribution in [0.15, 0.2) is 60.8 Å². The Morgan fingerprint density at radius 2 is 1.86 bits per heavy atom. The van der Waals surface area contributed by atoms with Crippen molar-refractivity contribution in [2.75, 3.05) is 4.90 Å². The molecule has 0 atom stereocenters. The van der Waals surface area contributed by atoms with E-state index in [9.17, 15) is 4.79 Å². The molecular weight excluding hydrogens is 378 g/mol. The van der Waals surface area contributed by atoms with Gasteiger partial charge in [0.05, 0.1) is 28.9 Å². The SMILES string of the molecule is Cc1cccc(CC(=O)N(Cc2ccccn2)c2nc3cc(C)cc(C)c3s2)c1. The Morgan fingerprint density at radius 3 is 2.62 bits per heavy atom. The quantitative estimate of drug-likeness (QED) is 0.450. The summed E-state index contributed by atoms with van der Waals surface area (Å²) in [4.78, 5) is 24.3. The topological polar surface area (TPSA) is 46.1 Å². The molecule has 146 valence electrons. The van der Waals surface area contributed by atoms with Gasteiger partial charge in [-0.15, -0.1) is 0 Å². The van der Waals surface area contributed by atoms with Gasteiger partial charge < -0.3 is 0 Å². The smallest absolute Gasteiger partial charge is 0.233 e. The molecule has 0 aliphatic rings. The van der Waals surface area contributed by atoms with Crippen LogP contribution in [0.5, 0.6) is 0 Å². The molecule has 0 spiro atoms. The van der Waals surface area contributed by atoms with Crippen LogP contribution in [-0.4, -0.2) is 15.9 Å². The molecule has 0 unspecified atom stereocenters. The first-order chi connectivity index (χ1) is 14.0. The number of carbonyl (C=O) groups is 1. The molecular formula is C24H23N3OS. The molecule has 0 fully saturated rings. The number of hydrogen-bond donors (Lipinski definition) is 0. The summed E-state index contributed by atoms with van der Waals surface area (Å²) in [6.45, 7) is 6.61. The number of benzene rings is 2. The van der Waals surface area contributed by atoms with E-state index in [4.69, 9.17) is 4.98 Å². The van der Waals surface area contributed by atoms with Crippen molar-refractivity contribution in [1.82, 2.24) is 9.97 Å². The molecule has 0 saturated carbocycles. The maximum Gasteiger partial charge on any atom is 0.233 e. The average Bonchev–Trinajstić information content (AvgIpc) is 3.11. The molecule has 0 aliphatic heterocycles. The van der Waals surface area contributed by atoms with Crippen LogP contribution in [0.4, 0.5) is 5.13 Å². The third-order valence-corrected chi connectivity index (χ3v) is 6.05. The molecule has 0 radical (unpaired) electrons. The van der Waals surface area contributed by atoms with Crippen molar-refractivity contribution in [2.45, 2.75) is 33.7 Å². The Bertz CT molecular complexity index is 1170. The Labute approximate surface area is 174 Å². The summed E-state index contributed by atoms with van der Waals surface area (Å²) in [6.07, 6.45) is 2.09. The van der Waals surface area contributed by atoms with Crippen molar-refractivity contribution in [2.24, 2.45) is 0 Å². The van der Waals surface area contributed by atoms with E-state index in [1.807, 2.05) is 43.3 Å². The lowest BCUT2D eigenvalue weighted by Crippen LogP contribution is -2.32. The van der Waals surface area contributed by atoms with Gasteiger partial charge in [-0.1, -0.05) is 53.3 Å². The van der Waals surface area contributed by atoms with Crippen LogP contribution in [-0.2, 0) is 17.8 Å². The maximum atomic E-state index is 13.3. The summed E-state index contributed by atoms with van der Waals surface area (Å²) < 4.78 is 1.12. The van der Waals surface area contributed by atoms with E-state index < -0.39 is 0 Å². The summed E-state index contributed by atoms with van der Waals surface area (Å²) in [5.41, 5.74) is 6.31. The van der Waals surface area contributed by atoms with Crippen molar-refractivity contribution in [3.63, 3.8) is 0 Å². The number of amides is 1. The monoisotopic (exact) mass is 401 g/mol. The minimum Gasteiger partial charge on any atom is -0.282 e. The molecule has 4 rings (SSSR count). The van der Waals surface area contributed by atoms with Crippen molar-refractivity contribution < 1.29 is 4.79 Å². The molecule has 2 heterocycles. The standard InChI is InChI=1S/C24H23N3OS/c1-16-7-6-8-19(12-16)14-22(28)27(15-20-9-4-5-10-25-20)24-26-21-13-17(2)11-18(3)23(21)29-24/h4-13H,14-15H2,1-3H3. The fourth-order valence-corrected chi connectivity index (χ4v) is 4.52. The van der Waals surface area contributed by atoms with Gasteiger partial charge in [0.15, 0.2) is 5.13 Å². The van der Waals surface area contributed by atoms with Gasteiger partial charge in [-0.25, -0.2) is 4.98 Å². The number of hydrogen-bond acceptors (Lipinski definition) is 4. The van der Waals surface area contributed by atoms with Gasteiger partial charge >= 0.3 is 0 Å². The number of thiazole rings is 1. The third-order valence-electron chi connectivity index (χ3n) is 4.82. The second kappa shape index (κ2) is 8.13. The summed E-state index contributed by atoms with van der Waals surface area (Å²) in [6, 6.07) is 18.1. The molecule has 2 aromatic carbocycles. The first kappa shape index (κ1) is 19.3. The van der Waals surface area contributed by atoms with E-state index in [-0.39, 0.29) is 5.91 Å². The Balaban J connectivity index is 1.72. The molecule has 29 heavy (non-hydrogen) atoms. The van der Waals surface area contributed by atoms with Gasteiger partial charge in [-0.2, -0.15) is 0 Å². The number of fused-ring (bicyclic) bond motifs is 1. The van der Waals surface area contributed by atoms with Crippen LogP contribution in [0.2, 0.25) is 0 Å². The van der Waals surface area contributed by atoms with Crippen molar-refractivity contribution >= 4 is 32.6 Å². The molecule has 4 nitrogen and oxygen atoms in total. The fourth-order valence-electron chi connectivity index (χ4n) is 3.49. The van der Waals surface area contributed by atoms with Crippen LogP contribution in [0.25, 0.3) is 10.2 Å². The van der Waals surface area contributed by atoms with Crippen molar-refractivity contribution in [3.05, 3.63) is 88.7 Å². The van der Waals surface area contributed by atoms with Crippen LogP contribution < -0.4 is 4.90 Å². The lowest BCUT2D eigenvalue weighted by atomic mass is 10.1. The van der Waals surface area contributed by atoms with Crippen molar-refractivity contribution in [1.29, 1.82) is 0 Å². The van der Waals surface area contributed by atoms with Gasteiger partial charge in [0.25, 0.3) is 0 Å². The van der Waals surface area contributed by atoms with E-state index in [0.717, 1.165) is 32.2 Å². The zero-order chi connectivity index (χ0) is 20.4. The molecule has 0 N–H and O–H groups in total. The Hall–Kier alpha value is -3.05. The van der Waals surface area contributed by atoms with Gasteiger partial charge in [0.2, 0.25) is 5.91 Å². The molecule has 0 aliphatic carbocycles. The van der Waals surface area contributed by atoms with Crippen LogP contribution in [0.1, 0.15) is 27.9 Å². The van der Waals surface area contributed by atoms with E-state index in [2.05, 4.69) is 37.0 Å². The molecule has 0 bridgehead atoms. The molecule has 5 heteroatoms. The van der Waals surface area contributed by atoms with Gasteiger partial charge in [-0.05, 0) is 55.7 Å². The van der Waals surface area contributed by atoms with E-state index in [0.29, 0.717) is 13.0 Å². The average molecular weight is 402 g/mol. The zero-order valence-corrected chi connectivity index (χ0v) is 17.7. The predicted molar refractivity (Wildman–Crippen MR) is 119 cm³/mol. The first-order valence-corrected chi connectivity index (χ1v) is 10.4. The minimum atomic E-state index is 0.0229. The Kier molecular flexibility index (Phi) is 5.41. The van der Waals surface area contributed by atoms with Gasteiger partial charge in [0, 0.05) is 6.20 Å². The van der Waals surface area contributed by atoms with Gasteiger partial charge in [-0.3, -0.25) is 14.7 Å². The molecule has 4 aromatic rings. The fraction of sp³-hybridized carbons (Fsp3) is 0.208. The zero-order valence-electron chi connectivity index (χ0n) is 16.8. The highest BCUT2D eigenvalue weighted by Crippen LogP contribution is 2.33. The summed E-state index contributed by atoms with van der Waals surface area (Å²) >= 11 is 1.57. The number of aryl methyl sites for hydroxylation is 3. The number of carbonyl (C=O) groups excluding carboxylic acids is 1. The highest BCUT2D eigenvalue weighted by atomic mass is 32.1. The van der Waals surface area contributed by atoms with Crippen LogP contribution in [0, 0.1) is 20.8 Å². The molecule has 1 amide bonds. The predicted octanol–water partition coefficient (Wildman–Crippen LogP) is 5.39. The number of pyridine rings is 1. The lowest BCUT2D eigenvalue weighted by molar-refractivity contribution is -0.118. The summed E-state index contributed by atoms with van der Waals surface area (Å²) in [7, 11) is 0. The molecule has 2 aromatic heterocycles. The van der Waals surface area contributed by atoms with Crippen LogP contribution >= 0.6 is 11.3 Å². The van der Waals surface area contributed by atoms with E-state index in [1.54, 1.807) is 22.4 Å². The number of nitrogens with zero attached hydrogens (tertiary/aromatic N) is 3. The second-order valence-electron chi connectivity index (χ2n) is 7.39. The molecule has 0 saturated heterocycles. The highest BCUT2D eigenvalue weighted by molar-refractivity contribution is 7.22. The number of anilines is 1. The van der Waals surface area contributed by atoms with Gasteiger partial charge in [0.1, 0.15) is 0 Å². The highest BCUT2D eigenvalue weighted by Gasteiger charge is 2.21. The lowest BCUT2D eigenvalue weighted by Gasteiger charge is -2.19. The largest absolute Gasteiger partial charge is 0.282 e. The Morgan fingerprint density at radius 1 is 1.00 bits per heavy atom. The number of aromatic nitrogens is 2. The second-order valence-corrected chi connectivity index (χ2v) is 8.37. The van der Waals surface area contributed by atoms with E-state index >= 15 is 0 Å². The first-order valence-electron chi connectivity index (χ1n) is 9.63. The number of rotatable bonds is 5. The van der Waals surface area contributed by atoms with Crippen molar-refractivity contribution in [3.8, 4) is 0 Å². The van der Waals surface area contributed by atoms with E-state index in [1.165, 1.54) is 11.1 Å². The third kappa shape index (κ3) is 4.35. The maximum absolute atomic E-state index is 13.3. The van der Waals surface area contributed by atoms with Crippen LogP contribution in [0.3, 0.4) is 0 Å². The summed E-state index contributed by atoms with van der Waals surface area (Å²) in [5, 5.41) is 0.719. The summed E-state index contributed by atoms with van der Waals surface area (Å²) in [5.74, 6) is 0.0229. The minimum absolute atomic E-state index is 0.0229.